The van der Waals surface area contributed by atoms with Crippen LogP contribution in [-0.4, -0.2) is 32.6 Å². The molecule has 0 bridgehead atoms. The van der Waals surface area contributed by atoms with Crippen molar-refractivity contribution in [2.75, 3.05) is 13.2 Å². The molecular weight excluding hydrogens is 1210 g/mol. The summed E-state index contributed by atoms with van der Waals surface area (Å²) in [7, 11) is 9.31. The maximum Gasteiger partial charge on any atom is 0.237 e. The average Bonchev–Trinajstić information content (AvgIpc) is 0.772. The number of benzene rings is 8. The summed E-state index contributed by atoms with van der Waals surface area (Å²) in [5.41, 5.74) is 12.7. The fraction of sp³-hybridized carbons (Fsp3) is 0.444. The second-order valence-corrected chi connectivity index (χ2v) is 37.5. The predicted molar refractivity (Wildman–Crippen MR) is 414 cm³/mol. The zero-order valence-electron chi connectivity index (χ0n) is 64.4. The van der Waals surface area contributed by atoms with Crippen LogP contribution in [0.2, 0.25) is 0 Å². The van der Waals surface area contributed by atoms with Crippen LogP contribution in [0.25, 0.3) is 77.2 Å². The monoisotopic (exact) mass is 1320 g/mol. The van der Waals surface area contributed by atoms with Crippen LogP contribution in [0, 0.1) is 43.6 Å². The summed E-state index contributed by atoms with van der Waals surface area (Å²) in [5, 5.41) is 31.2. The lowest BCUT2D eigenvalue weighted by Gasteiger charge is -2.35. The minimum Gasteiger partial charge on any atom is -0.711 e. The SMILES string of the molecule is [CH2-][O+](CCC[O+]([CH2-])c1c(C)cc(F)cc1-c1cc(C(C)(C)CC(C)(C)C)cc(-n2c3cc(C(C)(C)C)ccc3c3ccc(C(C)(C)C)cc32)c1O)c1cc(C(C)(C)C)c(F)cc1-c1cc(C(C)(C)CC(C)(C)C)cc(-n2c3cc(C(C)(C)C)ccc3c3ccc(C(C)(C)C)cc32)c1O. The third kappa shape index (κ3) is 14.4. The standard InChI is InChI=1S/C90H114F2N2O4/c1-54-40-61(91)49-69(68-42-60(90(25,26)53-83(5,6)7)48-77(80(68)96)94-74-45-57(86(14,15)16)32-36-64(74)65-37-33-58(46-75(65)94)87(17,18)19)81(54)98(28)39-29-38-97(27)78-51-70(88(20,21)22)71(92)50-66(78)67-41-59(89(23,24)52-82(2,3)4)47-76(79(67)95)93-72-43-55(84(8,9)10)30-34-62(72)63-35-31-56(44-73(63)93)85(11,12)13/h30-37,40-51,95-96H,27-29,38-39,52-53H2,1-26H3. The number of hydrogen-bond donors (Lipinski definition) is 2. The number of phenolic OH excluding ortho intramolecular Hbond substituents is 2. The number of fused-ring (bicyclic) bond motifs is 6. The summed E-state index contributed by atoms with van der Waals surface area (Å²) in [4.78, 5) is 0. The molecule has 0 atom stereocenters. The van der Waals surface area contributed by atoms with Crippen LogP contribution < -0.4 is 0 Å². The van der Waals surface area contributed by atoms with E-state index in [0.717, 1.165) is 67.6 Å². The summed E-state index contributed by atoms with van der Waals surface area (Å²) < 4.78 is 44.6. The van der Waals surface area contributed by atoms with Crippen molar-refractivity contribution in [2.45, 2.75) is 237 Å². The molecular formula is C90H114F2N2O4. The van der Waals surface area contributed by atoms with Crippen molar-refractivity contribution in [2.24, 2.45) is 10.8 Å². The Morgan fingerprint density at radius 2 is 0.724 bits per heavy atom. The second kappa shape index (κ2) is 24.9. The van der Waals surface area contributed by atoms with Gasteiger partial charge in [-0.3, -0.25) is 0 Å². The quantitative estimate of drug-likeness (QED) is 0.0842. The van der Waals surface area contributed by atoms with Crippen LogP contribution >= 0.6 is 0 Å². The van der Waals surface area contributed by atoms with Gasteiger partial charge < -0.3 is 28.1 Å². The Hall–Kier alpha value is -7.58. The Balaban J connectivity index is 1.13. The molecule has 10 rings (SSSR count). The van der Waals surface area contributed by atoms with Crippen molar-refractivity contribution >= 4 is 43.6 Å². The highest BCUT2D eigenvalue weighted by Gasteiger charge is 2.36. The number of halogens is 2. The number of phenols is 2. The van der Waals surface area contributed by atoms with Gasteiger partial charge in [0.2, 0.25) is 11.5 Å². The van der Waals surface area contributed by atoms with Gasteiger partial charge in [-0.15, -0.1) is 0 Å². The molecule has 0 saturated carbocycles. The zero-order valence-corrected chi connectivity index (χ0v) is 64.4. The molecule has 0 aliphatic carbocycles. The van der Waals surface area contributed by atoms with Crippen molar-refractivity contribution in [3.8, 4) is 56.6 Å². The van der Waals surface area contributed by atoms with Gasteiger partial charge in [0.25, 0.3) is 0 Å². The van der Waals surface area contributed by atoms with Crippen LogP contribution in [0.5, 0.6) is 23.0 Å². The number of hydrogen-bond acceptors (Lipinski definition) is 2. The van der Waals surface area contributed by atoms with Crippen LogP contribution in [0.15, 0.2) is 121 Å². The fourth-order valence-electron chi connectivity index (χ4n) is 15.6. The van der Waals surface area contributed by atoms with E-state index in [0.29, 0.717) is 75.9 Å². The normalized spacial score (nSPS) is 13.5. The molecule has 0 spiro atoms. The lowest BCUT2D eigenvalue weighted by Crippen LogP contribution is -2.25. The molecule has 2 aromatic heterocycles. The molecule has 0 amide bonds. The number of aryl methyl sites for hydroxylation is 1. The molecule has 0 unspecified atom stereocenters. The maximum absolute atomic E-state index is 17.4. The summed E-state index contributed by atoms with van der Waals surface area (Å²) in [6.45, 7) is 57.8. The molecule has 8 aromatic carbocycles. The van der Waals surface area contributed by atoms with Crippen LogP contribution in [0.1, 0.15) is 237 Å². The molecule has 6 nitrogen and oxygen atoms in total. The van der Waals surface area contributed by atoms with Crippen molar-refractivity contribution in [3.63, 3.8) is 0 Å². The van der Waals surface area contributed by atoms with Crippen LogP contribution in [0.3, 0.4) is 0 Å². The van der Waals surface area contributed by atoms with E-state index >= 15 is 8.78 Å². The van der Waals surface area contributed by atoms with Crippen molar-refractivity contribution < 1.29 is 27.7 Å². The van der Waals surface area contributed by atoms with Gasteiger partial charge in [0.15, 0.2) is 13.2 Å². The van der Waals surface area contributed by atoms with Crippen molar-refractivity contribution in [1.82, 2.24) is 9.13 Å². The second-order valence-electron chi connectivity index (χ2n) is 37.5. The largest absolute Gasteiger partial charge is 0.711 e. The topological polar surface area (TPSA) is 55.7 Å². The first-order valence-electron chi connectivity index (χ1n) is 35.5. The van der Waals surface area contributed by atoms with E-state index in [1.807, 2.05) is 33.8 Å². The molecule has 0 aliphatic heterocycles. The Morgan fingerprint density at radius 3 is 1.06 bits per heavy atom. The highest BCUT2D eigenvalue weighted by molar-refractivity contribution is 6.11. The molecule has 10 aromatic rings. The molecule has 522 valence electrons. The lowest BCUT2D eigenvalue weighted by molar-refractivity contribution is -0.0166. The Bertz CT molecular complexity index is 4580. The van der Waals surface area contributed by atoms with E-state index in [1.165, 1.54) is 34.4 Å². The average molecular weight is 1330 g/mol. The number of rotatable bonds is 14. The van der Waals surface area contributed by atoms with E-state index in [9.17, 15) is 10.2 Å². The highest BCUT2D eigenvalue weighted by Crippen LogP contribution is 2.53. The van der Waals surface area contributed by atoms with Gasteiger partial charge in [-0.25, -0.2) is 8.78 Å². The first-order chi connectivity index (χ1) is 44.9. The van der Waals surface area contributed by atoms with Gasteiger partial charge in [0.1, 0.15) is 29.6 Å². The third-order valence-corrected chi connectivity index (χ3v) is 20.2. The van der Waals surface area contributed by atoms with Gasteiger partial charge in [-0.2, -0.15) is 0 Å². The first kappa shape index (κ1) is 73.1. The first-order valence-corrected chi connectivity index (χ1v) is 35.5. The maximum atomic E-state index is 17.4. The number of aromatic nitrogens is 2. The van der Waals surface area contributed by atoms with E-state index in [4.69, 9.17) is 0 Å². The Kier molecular flexibility index (Phi) is 18.6. The lowest BCUT2D eigenvalue weighted by atomic mass is 9.71. The highest BCUT2D eigenvalue weighted by atomic mass is 19.1. The molecule has 8 heteroatoms. The minimum atomic E-state index is -0.603. The Labute approximate surface area is 586 Å². The summed E-state index contributed by atoms with van der Waals surface area (Å²) in [5.74, 6) is 0.416. The summed E-state index contributed by atoms with van der Waals surface area (Å²) in [6.07, 6.45) is 2.11. The van der Waals surface area contributed by atoms with Gasteiger partial charge in [0, 0.05) is 49.9 Å². The summed E-state index contributed by atoms with van der Waals surface area (Å²) >= 11 is 0. The van der Waals surface area contributed by atoms with E-state index in [1.54, 1.807) is 6.07 Å². The molecule has 0 fully saturated rings. The van der Waals surface area contributed by atoms with E-state index in [2.05, 4.69) is 281 Å². The van der Waals surface area contributed by atoms with Gasteiger partial charge in [-0.1, -0.05) is 222 Å². The molecule has 98 heavy (non-hydrogen) atoms. The Morgan fingerprint density at radius 1 is 0.378 bits per heavy atom. The molecule has 0 saturated heterocycles. The molecule has 0 aliphatic rings. The molecule has 0 radical (unpaired) electrons. The van der Waals surface area contributed by atoms with Crippen LogP contribution in [0.4, 0.5) is 8.78 Å². The zero-order chi connectivity index (χ0) is 72.7. The van der Waals surface area contributed by atoms with Gasteiger partial charge in [0.05, 0.1) is 44.6 Å². The van der Waals surface area contributed by atoms with Crippen LogP contribution in [-0.2, 0) is 46.6 Å². The van der Waals surface area contributed by atoms with Crippen molar-refractivity contribution in [1.29, 1.82) is 0 Å². The number of nitrogens with zero attached hydrogens (tertiary/aromatic N) is 2. The smallest absolute Gasteiger partial charge is 0.237 e. The minimum absolute atomic E-state index is 0.0260. The number of aromatic hydroxyl groups is 2. The molecule has 2 N–H and O–H groups in total. The summed E-state index contributed by atoms with van der Waals surface area (Å²) in [6, 6.07) is 41.9. The van der Waals surface area contributed by atoms with Gasteiger partial charge >= 0.3 is 0 Å². The fourth-order valence-corrected chi connectivity index (χ4v) is 15.6. The van der Waals surface area contributed by atoms with E-state index in [-0.39, 0.29) is 49.8 Å². The van der Waals surface area contributed by atoms with Gasteiger partial charge in [-0.05, 0) is 183 Å². The molecule has 2 heterocycles. The predicted octanol–water partition coefficient (Wildman–Crippen LogP) is 26.3. The third-order valence-electron chi connectivity index (χ3n) is 20.2. The van der Waals surface area contributed by atoms with Crippen molar-refractivity contribution in [3.05, 3.63) is 192 Å². The van der Waals surface area contributed by atoms with E-state index < -0.39 is 22.1 Å².